The van der Waals surface area contributed by atoms with Gasteiger partial charge in [0.1, 0.15) is 0 Å². The van der Waals surface area contributed by atoms with Crippen LogP contribution < -0.4 is 5.73 Å². The summed E-state index contributed by atoms with van der Waals surface area (Å²) >= 11 is 0. The molecule has 6 heteroatoms. The summed E-state index contributed by atoms with van der Waals surface area (Å²) in [7, 11) is 0. The van der Waals surface area contributed by atoms with Crippen LogP contribution in [0.1, 0.15) is 24.4 Å². The van der Waals surface area contributed by atoms with Crippen molar-refractivity contribution in [1.29, 1.82) is 0 Å². The molecule has 17 heavy (non-hydrogen) atoms. The number of aliphatic hydroxyl groups is 1. The number of benzene rings is 1. The molecule has 0 saturated heterocycles. The Morgan fingerprint density at radius 2 is 1.76 bits per heavy atom. The molecule has 0 spiro atoms. The molecule has 1 aliphatic carbocycles. The summed E-state index contributed by atoms with van der Waals surface area (Å²) in [4.78, 5) is 0. The van der Waals surface area contributed by atoms with Crippen molar-refractivity contribution in [3.8, 4) is 0 Å². The van der Waals surface area contributed by atoms with E-state index in [1.54, 1.807) is 0 Å². The molecule has 2 rings (SSSR count). The molecule has 96 valence electrons. The Bertz CT molecular complexity index is 412. The van der Waals surface area contributed by atoms with Gasteiger partial charge >= 0.3 is 0 Å². The Kier molecular flexibility index (Phi) is 4.41. The predicted octanol–water partition coefficient (Wildman–Crippen LogP) is 2.30. The average Bonchev–Trinajstić information content (AvgIpc) is 3.08. The molecule has 0 amide bonds. The molecule has 0 aromatic heterocycles. The number of aliphatic hydroxyl groups excluding tert-OH is 1. The Morgan fingerprint density at radius 1 is 1.18 bits per heavy atom. The second kappa shape index (κ2) is 5.25. The molecule has 0 aliphatic heterocycles. The molecule has 1 aromatic carbocycles. The van der Waals surface area contributed by atoms with E-state index in [1.807, 2.05) is 0 Å². The summed E-state index contributed by atoms with van der Waals surface area (Å²) in [6.45, 7) is 0. The first-order chi connectivity index (χ1) is 7.52. The van der Waals surface area contributed by atoms with Crippen LogP contribution in [-0.4, -0.2) is 11.2 Å². The van der Waals surface area contributed by atoms with Crippen LogP contribution in [0.25, 0.3) is 0 Å². The van der Waals surface area contributed by atoms with Gasteiger partial charge in [0.05, 0.1) is 12.1 Å². The highest BCUT2D eigenvalue weighted by Gasteiger charge is 2.35. The molecule has 1 aliphatic rings. The van der Waals surface area contributed by atoms with Crippen molar-refractivity contribution in [2.75, 3.05) is 0 Å². The van der Waals surface area contributed by atoms with Crippen LogP contribution in [-0.2, 0) is 0 Å². The van der Waals surface area contributed by atoms with Crippen molar-refractivity contribution in [2.45, 2.75) is 25.0 Å². The molecular weight excluding hydrogens is 255 g/mol. The predicted molar refractivity (Wildman–Crippen MR) is 59.2 cm³/mol. The van der Waals surface area contributed by atoms with Gasteiger partial charge in [-0.3, -0.25) is 0 Å². The largest absolute Gasteiger partial charge is 0.391 e. The first-order valence-corrected chi connectivity index (χ1v) is 5.09. The SMILES string of the molecule is Cl.N[C@H](c1ccc(F)c(F)c1F)[C@@H](O)C1CC1. The van der Waals surface area contributed by atoms with Gasteiger partial charge in [-0.1, -0.05) is 6.07 Å². The minimum atomic E-state index is -1.55. The Balaban J connectivity index is 0.00000144. The third-order valence-corrected chi connectivity index (χ3v) is 2.90. The number of nitrogens with two attached hydrogens (primary N) is 1. The summed E-state index contributed by atoms with van der Waals surface area (Å²) in [5.74, 6) is -4.07. The van der Waals surface area contributed by atoms with Crippen molar-refractivity contribution < 1.29 is 18.3 Å². The van der Waals surface area contributed by atoms with Crippen LogP contribution in [0.4, 0.5) is 13.2 Å². The average molecular weight is 268 g/mol. The number of rotatable bonds is 3. The second-order valence-corrected chi connectivity index (χ2v) is 4.12. The Morgan fingerprint density at radius 3 is 2.29 bits per heavy atom. The summed E-state index contributed by atoms with van der Waals surface area (Å²) in [6.07, 6.45) is 0.764. The molecule has 1 aromatic rings. The van der Waals surface area contributed by atoms with Crippen LogP contribution in [0.15, 0.2) is 12.1 Å². The van der Waals surface area contributed by atoms with Crippen molar-refractivity contribution in [3.05, 3.63) is 35.1 Å². The zero-order valence-corrected chi connectivity index (χ0v) is 9.68. The normalized spacial score (nSPS) is 18.4. The van der Waals surface area contributed by atoms with Gasteiger partial charge < -0.3 is 10.8 Å². The lowest BCUT2D eigenvalue weighted by Crippen LogP contribution is -2.29. The van der Waals surface area contributed by atoms with Gasteiger partial charge in [-0.15, -0.1) is 12.4 Å². The lowest BCUT2D eigenvalue weighted by molar-refractivity contribution is 0.120. The fourth-order valence-corrected chi connectivity index (χ4v) is 1.71. The van der Waals surface area contributed by atoms with Gasteiger partial charge in [0.2, 0.25) is 0 Å². The van der Waals surface area contributed by atoms with Gasteiger partial charge in [0, 0.05) is 5.56 Å². The maximum Gasteiger partial charge on any atom is 0.194 e. The fourth-order valence-electron chi connectivity index (χ4n) is 1.71. The topological polar surface area (TPSA) is 46.2 Å². The van der Waals surface area contributed by atoms with E-state index in [0.29, 0.717) is 0 Å². The van der Waals surface area contributed by atoms with Crippen LogP contribution in [0.2, 0.25) is 0 Å². The van der Waals surface area contributed by atoms with E-state index in [9.17, 15) is 18.3 Å². The smallest absolute Gasteiger partial charge is 0.194 e. The third-order valence-electron chi connectivity index (χ3n) is 2.90. The van der Waals surface area contributed by atoms with Crippen LogP contribution in [0, 0.1) is 23.4 Å². The fraction of sp³-hybridized carbons (Fsp3) is 0.455. The zero-order valence-electron chi connectivity index (χ0n) is 8.87. The lowest BCUT2D eigenvalue weighted by atomic mass is 9.98. The summed E-state index contributed by atoms with van der Waals surface area (Å²) in [5, 5.41) is 9.69. The Hall–Kier alpha value is -0.780. The molecule has 0 heterocycles. The van der Waals surface area contributed by atoms with Gasteiger partial charge in [0.15, 0.2) is 17.5 Å². The highest BCUT2D eigenvalue weighted by Crippen LogP contribution is 2.37. The standard InChI is InChI=1S/C11H12F3NO.ClH/c12-7-4-3-6(8(13)9(7)14)10(15)11(16)5-1-2-5;/h3-5,10-11,16H,1-2,15H2;1H/t10-,11+;/m1./s1. The molecule has 2 nitrogen and oxygen atoms in total. The van der Waals surface area contributed by atoms with Gasteiger partial charge in [0.25, 0.3) is 0 Å². The van der Waals surface area contributed by atoms with Crippen molar-refractivity contribution in [2.24, 2.45) is 11.7 Å². The summed E-state index contributed by atoms with van der Waals surface area (Å²) in [5.41, 5.74) is 5.44. The zero-order chi connectivity index (χ0) is 11.9. The van der Waals surface area contributed by atoms with Gasteiger partial charge in [-0.05, 0) is 24.8 Å². The van der Waals surface area contributed by atoms with E-state index >= 15 is 0 Å². The summed E-state index contributed by atoms with van der Waals surface area (Å²) in [6, 6.07) is 0.875. The number of halogens is 4. The quantitative estimate of drug-likeness (QED) is 0.826. The highest BCUT2D eigenvalue weighted by molar-refractivity contribution is 5.85. The number of hydrogen-bond donors (Lipinski definition) is 2. The molecule has 1 fully saturated rings. The van der Waals surface area contributed by atoms with Crippen LogP contribution in [0.5, 0.6) is 0 Å². The molecule has 0 unspecified atom stereocenters. The lowest BCUT2D eigenvalue weighted by Gasteiger charge is -2.19. The maximum atomic E-state index is 13.4. The van der Waals surface area contributed by atoms with Gasteiger partial charge in [-0.25, -0.2) is 13.2 Å². The van der Waals surface area contributed by atoms with E-state index in [4.69, 9.17) is 5.73 Å². The molecule has 2 atom stereocenters. The first kappa shape index (κ1) is 14.3. The highest BCUT2D eigenvalue weighted by atomic mass is 35.5. The minimum absolute atomic E-state index is 0. The Labute approximate surface area is 103 Å². The molecule has 0 radical (unpaired) electrons. The van der Waals surface area contributed by atoms with Crippen molar-refractivity contribution in [1.82, 2.24) is 0 Å². The molecule has 1 saturated carbocycles. The van der Waals surface area contributed by atoms with E-state index in [2.05, 4.69) is 0 Å². The van der Waals surface area contributed by atoms with E-state index in [0.717, 1.165) is 25.0 Å². The van der Waals surface area contributed by atoms with Crippen LogP contribution >= 0.6 is 12.4 Å². The van der Waals surface area contributed by atoms with Crippen molar-refractivity contribution in [3.63, 3.8) is 0 Å². The van der Waals surface area contributed by atoms with E-state index in [1.165, 1.54) is 0 Å². The second-order valence-electron chi connectivity index (χ2n) is 4.12. The van der Waals surface area contributed by atoms with Crippen LogP contribution in [0.3, 0.4) is 0 Å². The maximum absolute atomic E-state index is 13.4. The summed E-state index contributed by atoms with van der Waals surface area (Å²) < 4.78 is 39.0. The van der Waals surface area contributed by atoms with E-state index in [-0.39, 0.29) is 23.9 Å². The first-order valence-electron chi connectivity index (χ1n) is 5.09. The molecular formula is C11H13ClF3NO. The third kappa shape index (κ3) is 2.73. The number of hydrogen-bond acceptors (Lipinski definition) is 2. The molecule has 0 bridgehead atoms. The molecule has 3 N–H and O–H groups in total. The monoisotopic (exact) mass is 267 g/mol. The van der Waals surface area contributed by atoms with Gasteiger partial charge in [-0.2, -0.15) is 0 Å². The van der Waals surface area contributed by atoms with E-state index < -0.39 is 29.6 Å². The minimum Gasteiger partial charge on any atom is -0.391 e. The van der Waals surface area contributed by atoms with Crippen molar-refractivity contribution >= 4 is 12.4 Å².